The van der Waals surface area contributed by atoms with E-state index in [2.05, 4.69) is 110 Å². The second-order valence-electron chi connectivity index (χ2n) is 36.2. The summed E-state index contributed by atoms with van der Waals surface area (Å²) in [7, 11) is 0.750. The summed E-state index contributed by atoms with van der Waals surface area (Å²) in [6.45, 7) is 57.7. The molecule has 6 heterocycles. The van der Waals surface area contributed by atoms with E-state index in [0.29, 0.717) is 80.6 Å². The van der Waals surface area contributed by atoms with Crippen LogP contribution in [0.2, 0.25) is 0 Å². The Kier molecular flexibility index (Phi) is 23.4. The third-order valence-electron chi connectivity index (χ3n) is 25.5. The number of nitrogens with zero attached hydrogens (tertiary/aromatic N) is 4. The molecule has 15 nitrogen and oxygen atoms in total. The molecule has 2 aromatic heterocycles. The quantitative estimate of drug-likeness (QED) is 0.205. The monoisotopic (exact) mass is 1300 g/mol. The summed E-state index contributed by atoms with van der Waals surface area (Å²) < 4.78 is 32.2. The Hall–Kier alpha value is -3.22. The molecule has 3 N–H and O–H groups in total. The molecule has 2 unspecified atom stereocenters. The van der Waals surface area contributed by atoms with Crippen molar-refractivity contribution in [1.82, 2.24) is 10.3 Å². The first-order valence-electron chi connectivity index (χ1n) is 34.7. The number of hydrogen-bond acceptors (Lipinski definition) is 13. The first-order valence-corrected chi connectivity index (χ1v) is 34.7. The zero-order valence-corrected chi connectivity index (χ0v) is 62.1. The van der Waals surface area contributed by atoms with Crippen LogP contribution in [0.1, 0.15) is 244 Å². The number of aliphatic hydroxyl groups excluding tert-OH is 1. The van der Waals surface area contributed by atoms with Crippen molar-refractivity contribution in [2.24, 2.45) is 95.9 Å². The van der Waals surface area contributed by atoms with E-state index in [-0.39, 0.29) is 80.8 Å². The fourth-order valence-corrected chi connectivity index (χ4v) is 21.6. The molecule has 4 aliphatic heterocycles. The van der Waals surface area contributed by atoms with Crippen LogP contribution in [-0.2, 0) is 52.2 Å². The van der Waals surface area contributed by atoms with Crippen molar-refractivity contribution in [2.75, 3.05) is 60.0 Å². The number of hydrogen-bond donors (Lipinski definition) is 2. The van der Waals surface area contributed by atoms with Gasteiger partial charge < -0.3 is 48.7 Å². The third-order valence-corrected chi connectivity index (χ3v) is 25.5. The number of nitrogens with two attached hydrogens (primary N) is 1. The smallest absolute Gasteiger partial charge is 0.857 e. The molecule has 16 heteroatoms. The van der Waals surface area contributed by atoms with Gasteiger partial charge in [-0.25, -0.2) is 9.69 Å². The van der Waals surface area contributed by atoms with Gasteiger partial charge in [-0.05, 0) is 153 Å². The third kappa shape index (κ3) is 15.5. The Bertz CT molecular complexity index is 3100. The van der Waals surface area contributed by atoms with E-state index in [1.165, 1.54) is 75.3 Å². The molecule has 8 fully saturated rings. The van der Waals surface area contributed by atoms with Gasteiger partial charge in [-0.15, -0.1) is 0 Å². The molecule has 8 aliphatic carbocycles. The van der Waals surface area contributed by atoms with Crippen LogP contribution in [0, 0.1) is 103 Å². The first-order chi connectivity index (χ1) is 42.4. The minimum atomic E-state index is -0.405. The zero-order chi connectivity index (χ0) is 66.8. The molecule has 514 valence electrons. The predicted molar refractivity (Wildman–Crippen MR) is 359 cm³/mol. The average Bonchev–Trinajstić information content (AvgIpc) is 1.65. The number of ether oxygens (including phenoxy) is 4. The molecule has 12 aliphatic rings. The fourth-order valence-electron chi connectivity index (χ4n) is 21.6. The van der Waals surface area contributed by atoms with Crippen LogP contribution in [0.25, 0.3) is 9.69 Å². The first kappa shape index (κ1) is 77.1. The van der Waals surface area contributed by atoms with Gasteiger partial charge in [0.05, 0.1) is 83.9 Å². The summed E-state index contributed by atoms with van der Waals surface area (Å²) in [5, 5.41) is 26.8. The van der Waals surface area contributed by atoms with Crippen molar-refractivity contribution in [3.8, 4) is 0 Å². The minimum Gasteiger partial charge on any atom is -0.857 e. The Morgan fingerprint density at radius 2 is 0.914 bits per heavy atom. The summed E-state index contributed by atoms with van der Waals surface area (Å²) in [6, 6.07) is 0. The number of ketones is 2. The van der Waals surface area contributed by atoms with Crippen molar-refractivity contribution < 1.29 is 77.4 Å². The average molecular weight is 1300 g/mol. The summed E-state index contributed by atoms with van der Waals surface area (Å²) in [5.41, 5.74) is 10.3. The molecule has 0 spiro atoms. The number of aromatic nitrogens is 2. The summed E-state index contributed by atoms with van der Waals surface area (Å²) in [4.78, 5) is 31.5. The number of Topliss-reactive ketones (excluding diaryl/α,β-unsaturated/α-hetero) is 2. The number of carbonyl (C=O) groups is 2. The maximum Gasteiger partial charge on any atom is 1.00 e. The van der Waals surface area contributed by atoms with Crippen LogP contribution in [0.5, 0.6) is 0 Å². The molecule has 11 atom stereocenters. The van der Waals surface area contributed by atoms with Gasteiger partial charge >= 0.3 is 29.6 Å². The van der Waals surface area contributed by atoms with Crippen LogP contribution >= 0.6 is 0 Å². The van der Waals surface area contributed by atoms with Gasteiger partial charge in [-0.1, -0.05) is 147 Å². The van der Waals surface area contributed by atoms with Gasteiger partial charge in [0.1, 0.15) is 23.1 Å². The van der Waals surface area contributed by atoms with Gasteiger partial charge in [-0.3, -0.25) is 4.79 Å². The van der Waals surface area contributed by atoms with Crippen molar-refractivity contribution in [2.45, 2.75) is 250 Å². The van der Waals surface area contributed by atoms with E-state index < -0.39 is 5.41 Å². The Morgan fingerprint density at radius 3 is 1.31 bits per heavy atom. The van der Waals surface area contributed by atoms with E-state index in [9.17, 15) is 14.7 Å². The molecule has 2 aromatic rings. The van der Waals surface area contributed by atoms with Crippen LogP contribution in [0.3, 0.4) is 0 Å². The normalized spacial score (nSPS) is 36.2. The van der Waals surface area contributed by atoms with Crippen LogP contribution in [-0.4, -0.2) is 92.5 Å². The van der Waals surface area contributed by atoms with E-state index in [4.69, 9.17) is 52.0 Å². The molecule has 0 aromatic carbocycles. The molecular weight excluding hydrogens is 1180 g/mol. The Labute approximate surface area is 582 Å². The predicted octanol–water partition coefficient (Wildman–Crippen LogP) is 12.8. The zero-order valence-electron chi connectivity index (χ0n) is 60.1. The largest absolute Gasteiger partial charge is 1.00 e. The van der Waals surface area contributed by atoms with Gasteiger partial charge in [0, 0.05) is 61.9 Å². The number of aliphatic hydroxyl groups is 1. The standard InChI is InChI=1S/2C19H29NO2.C19H27NO2.C14H19NO2.C4H9NO.CH3O.CH4.Na/c1-17(2)15-6-5-13(7-18(3)11-21-12-18)8-19(15,4)9-14-10-20-22-16(14)17;2*1-17(2)15-7-6-13(8-18(3)11-22-12-18)9-19(15,4)10-14(20-5)16(17)21;1-13(2)11-5-4-10(16)7-14(11,3)6-9-8-15-17-12(9)13;1-4(5)2-6-3-4;1-2;;/h10,13,15H,5-9,11-12H2,1-4H3;13,15,21H,6-12H2,1-4H3;10,13,15H,6-9,11-12H2,1-4H3;8,11H,4-7H2,1-3H3;2-3,5H2,1H3;1H3;1H4;/q;;;;;-1;;+1/t2*13?,15-,19-;13-,15+,19+;11-,14+;;;;/m1101..../s1. The summed E-state index contributed by atoms with van der Waals surface area (Å²) >= 11 is 0. The number of allylic oxidation sites excluding steroid dienone is 4. The molecule has 0 bridgehead atoms. The van der Waals surface area contributed by atoms with E-state index in [1.54, 1.807) is 0 Å². The van der Waals surface area contributed by atoms with Crippen molar-refractivity contribution >= 4 is 11.6 Å². The molecule has 14 rings (SSSR count). The molecule has 93 heavy (non-hydrogen) atoms. The molecular formula is C77H120N5NaO10. The second kappa shape index (κ2) is 28.2. The molecule has 4 saturated heterocycles. The van der Waals surface area contributed by atoms with Gasteiger partial charge in [0.15, 0.2) is 5.78 Å². The fraction of sp³-hybridized carbons (Fsp3) is 0.818. The van der Waals surface area contributed by atoms with Crippen LogP contribution in [0.15, 0.2) is 44.7 Å². The van der Waals surface area contributed by atoms with Gasteiger partial charge in [0.2, 0.25) is 11.4 Å². The van der Waals surface area contributed by atoms with Crippen LogP contribution in [0.4, 0.5) is 0 Å². The Balaban J connectivity index is 0.000000168. The number of rotatable bonds is 6. The maximum atomic E-state index is 12.5. The number of fused-ring (bicyclic) bond motifs is 6. The van der Waals surface area contributed by atoms with E-state index >= 15 is 0 Å². The summed E-state index contributed by atoms with van der Waals surface area (Å²) in [5.74, 6) is 7.34. The van der Waals surface area contributed by atoms with Crippen LogP contribution < -0.4 is 40.4 Å². The van der Waals surface area contributed by atoms with Crippen molar-refractivity contribution in [3.63, 3.8) is 0 Å². The topological polar surface area (TPSA) is 201 Å². The van der Waals surface area contributed by atoms with Crippen molar-refractivity contribution in [1.29, 1.82) is 0 Å². The summed E-state index contributed by atoms with van der Waals surface area (Å²) in [6.07, 6.45) is 25.9. The molecule has 0 amide bonds. The van der Waals surface area contributed by atoms with Gasteiger partial charge in [0.25, 0.3) is 0 Å². The minimum absolute atomic E-state index is 0. The maximum absolute atomic E-state index is 12.5. The van der Waals surface area contributed by atoms with Crippen molar-refractivity contribution in [3.05, 3.63) is 81.1 Å². The van der Waals surface area contributed by atoms with Gasteiger partial charge in [-0.2, -0.15) is 7.11 Å². The molecule has 4 saturated carbocycles. The Morgan fingerprint density at radius 1 is 0.527 bits per heavy atom. The molecule has 0 radical (unpaired) electrons. The second-order valence-corrected chi connectivity index (χ2v) is 36.2. The SMILES string of the molecule is C.CC1(C)c2oncc2C[C@@]2(C)CC(=O)CC[C@H]12.CC1(CC2CC[C@@H]3C(C)(C)c4oncc4C[C@@]3(C)C2)COC1.CC1(N)COC1.C[O-].[C-]#[N+]C1=C(O)C(C)(C)[C@H]2CCC(CC3(C)COC3)C[C@]2(C)C1.[C-]#[N+]C1=C[C@@]2(C)C[C@H](CC3(C)COC3)CC[C@@H]2C(C)(C)C1=O.[Na+]. The van der Waals surface area contributed by atoms with E-state index in [1.807, 2.05) is 39.2 Å². The number of carbonyl (C=O) groups excluding carboxylic acids is 2. The van der Waals surface area contributed by atoms with E-state index in [0.717, 1.165) is 128 Å².